The maximum absolute atomic E-state index is 12.1. The van der Waals surface area contributed by atoms with Gasteiger partial charge in [-0.25, -0.2) is 0 Å². The molecular formula is C15H19NO2S. The van der Waals surface area contributed by atoms with E-state index in [-0.39, 0.29) is 11.8 Å². The van der Waals surface area contributed by atoms with Crippen LogP contribution in [0.5, 0.6) is 0 Å². The summed E-state index contributed by atoms with van der Waals surface area (Å²) in [4.78, 5) is 12.1. The molecule has 2 aliphatic rings. The molecule has 0 radical (unpaired) electrons. The summed E-state index contributed by atoms with van der Waals surface area (Å²) < 4.78 is 0. The highest BCUT2D eigenvalue weighted by Gasteiger charge is 2.44. The van der Waals surface area contributed by atoms with E-state index in [0.29, 0.717) is 12.5 Å². The molecule has 4 heteroatoms. The minimum atomic E-state index is -0.683. The summed E-state index contributed by atoms with van der Waals surface area (Å²) >= 11 is 1.75. The number of aliphatic hydroxyl groups is 1. The van der Waals surface area contributed by atoms with Gasteiger partial charge >= 0.3 is 0 Å². The van der Waals surface area contributed by atoms with Crippen molar-refractivity contribution in [1.29, 1.82) is 0 Å². The van der Waals surface area contributed by atoms with Crippen molar-refractivity contribution in [3.05, 3.63) is 35.9 Å². The second kappa shape index (κ2) is 5.17. The fourth-order valence-electron chi connectivity index (χ4n) is 2.67. The van der Waals surface area contributed by atoms with Crippen LogP contribution in [0.4, 0.5) is 0 Å². The molecule has 1 aromatic carbocycles. The van der Waals surface area contributed by atoms with E-state index in [2.05, 4.69) is 17.4 Å². The largest absolute Gasteiger partial charge is 0.387 e. The Kier molecular flexibility index (Phi) is 3.54. The maximum atomic E-state index is 12.1. The van der Waals surface area contributed by atoms with E-state index in [1.54, 1.807) is 11.8 Å². The van der Waals surface area contributed by atoms with Crippen molar-refractivity contribution in [2.24, 2.45) is 5.92 Å². The average Bonchev–Trinajstić information content (AvgIpc) is 3.13. The fourth-order valence-corrected chi connectivity index (χ4v) is 3.97. The van der Waals surface area contributed by atoms with Gasteiger partial charge in [-0.2, -0.15) is 11.8 Å². The third-order valence-electron chi connectivity index (χ3n) is 4.03. The second-order valence-electron chi connectivity index (χ2n) is 5.60. The van der Waals surface area contributed by atoms with Crippen molar-refractivity contribution < 1.29 is 9.90 Å². The lowest BCUT2D eigenvalue weighted by Gasteiger charge is -2.21. The van der Waals surface area contributed by atoms with Crippen LogP contribution in [0.2, 0.25) is 0 Å². The van der Waals surface area contributed by atoms with Crippen molar-refractivity contribution in [2.75, 3.05) is 18.1 Å². The third kappa shape index (κ3) is 2.95. The lowest BCUT2D eigenvalue weighted by Crippen LogP contribution is -2.43. The van der Waals surface area contributed by atoms with Crippen molar-refractivity contribution >= 4 is 17.7 Å². The molecule has 0 spiro atoms. The number of amides is 1. The molecule has 0 bridgehead atoms. The van der Waals surface area contributed by atoms with E-state index in [1.165, 1.54) is 5.56 Å². The van der Waals surface area contributed by atoms with Crippen LogP contribution in [-0.2, 0) is 4.79 Å². The summed E-state index contributed by atoms with van der Waals surface area (Å²) in [5.41, 5.74) is 0.565. The van der Waals surface area contributed by atoms with Gasteiger partial charge in [0.15, 0.2) is 0 Å². The van der Waals surface area contributed by atoms with Gasteiger partial charge in [0.05, 0.1) is 5.60 Å². The SMILES string of the molecule is O=C(NCC1(O)CCSC1)C1CC1c1ccccc1. The summed E-state index contributed by atoms with van der Waals surface area (Å²) in [5, 5.41) is 13.1. The first-order valence-corrected chi connectivity index (χ1v) is 7.96. The third-order valence-corrected chi connectivity index (χ3v) is 5.26. The van der Waals surface area contributed by atoms with E-state index in [9.17, 15) is 9.90 Å². The Balaban J connectivity index is 1.50. The molecule has 2 N–H and O–H groups in total. The first-order valence-electron chi connectivity index (χ1n) is 6.81. The normalized spacial score (nSPS) is 33.1. The second-order valence-corrected chi connectivity index (χ2v) is 6.71. The van der Waals surface area contributed by atoms with E-state index < -0.39 is 5.60 Å². The molecule has 1 aliphatic carbocycles. The summed E-state index contributed by atoms with van der Waals surface area (Å²) in [6, 6.07) is 10.2. The molecular weight excluding hydrogens is 258 g/mol. The fraction of sp³-hybridized carbons (Fsp3) is 0.533. The van der Waals surface area contributed by atoms with Crippen LogP contribution in [0.3, 0.4) is 0 Å². The molecule has 1 amide bonds. The Hall–Kier alpha value is -1.00. The molecule has 3 unspecified atom stereocenters. The van der Waals surface area contributed by atoms with Gasteiger partial charge in [-0.05, 0) is 30.1 Å². The van der Waals surface area contributed by atoms with Crippen molar-refractivity contribution in [3.63, 3.8) is 0 Å². The topological polar surface area (TPSA) is 49.3 Å². The Bertz CT molecular complexity index is 456. The summed E-state index contributed by atoms with van der Waals surface area (Å²) in [6.07, 6.45) is 1.72. The number of hydrogen-bond acceptors (Lipinski definition) is 3. The molecule has 3 rings (SSSR count). The molecule has 1 aromatic rings. The highest BCUT2D eigenvalue weighted by Crippen LogP contribution is 2.47. The molecule has 1 saturated heterocycles. The molecule has 102 valence electrons. The smallest absolute Gasteiger partial charge is 0.223 e. The van der Waals surface area contributed by atoms with Crippen LogP contribution in [-0.4, -0.2) is 34.7 Å². The highest BCUT2D eigenvalue weighted by atomic mass is 32.2. The monoisotopic (exact) mass is 277 g/mol. The van der Waals surface area contributed by atoms with Crippen molar-refractivity contribution in [1.82, 2.24) is 5.32 Å². The van der Waals surface area contributed by atoms with Gasteiger partial charge in [0, 0.05) is 18.2 Å². The summed E-state index contributed by atoms with van der Waals surface area (Å²) in [5.74, 6) is 2.29. The number of nitrogens with one attached hydrogen (secondary N) is 1. The predicted octanol–water partition coefficient (Wildman–Crippen LogP) is 1.77. The lowest BCUT2D eigenvalue weighted by atomic mass is 10.0. The molecule has 3 nitrogen and oxygen atoms in total. The van der Waals surface area contributed by atoms with Gasteiger partial charge in [-0.3, -0.25) is 4.79 Å². The van der Waals surface area contributed by atoms with Gasteiger partial charge in [0.2, 0.25) is 5.91 Å². The van der Waals surface area contributed by atoms with Crippen LogP contribution in [0, 0.1) is 5.92 Å². The zero-order chi connectivity index (χ0) is 13.3. The molecule has 1 saturated carbocycles. The number of hydrogen-bond donors (Lipinski definition) is 2. The number of rotatable bonds is 4. The lowest BCUT2D eigenvalue weighted by molar-refractivity contribution is -0.123. The predicted molar refractivity (Wildman–Crippen MR) is 77.2 cm³/mol. The van der Waals surface area contributed by atoms with E-state index in [1.807, 2.05) is 18.2 Å². The van der Waals surface area contributed by atoms with E-state index >= 15 is 0 Å². The van der Waals surface area contributed by atoms with Gasteiger partial charge < -0.3 is 10.4 Å². The van der Waals surface area contributed by atoms with Crippen molar-refractivity contribution in [3.8, 4) is 0 Å². The van der Waals surface area contributed by atoms with Crippen LogP contribution in [0.15, 0.2) is 30.3 Å². The molecule has 1 heterocycles. The molecule has 19 heavy (non-hydrogen) atoms. The minimum absolute atomic E-state index is 0.0965. The van der Waals surface area contributed by atoms with E-state index in [0.717, 1.165) is 24.3 Å². The summed E-state index contributed by atoms with van der Waals surface area (Å²) in [7, 11) is 0. The Morgan fingerprint density at radius 3 is 2.89 bits per heavy atom. The highest BCUT2D eigenvalue weighted by molar-refractivity contribution is 7.99. The van der Waals surface area contributed by atoms with Gasteiger partial charge in [0.25, 0.3) is 0 Å². The molecule has 2 fully saturated rings. The zero-order valence-electron chi connectivity index (χ0n) is 10.8. The number of carbonyl (C=O) groups excluding carboxylic acids is 1. The molecule has 3 atom stereocenters. The van der Waals surface area contributed by atoms with Gasteiger partial charge in [-0.15, -0.1) is 0 Å². The van der Waals surface area contributed by atoms with Crippen LogP contribution >= 0.6 is 11.8 Å². The first-order chi connectivity index (χ1) is 9.18. The Morgan fingerprint density at radius 2 is 2.21 bits per heavy atom. The number of carbonyl (C=O) groups is 1. The Labute approximate surface area is 117 Å². The maximum Gasteiger partial charge on any atom is 0.223 e. The van der Waals surface area contributed by atoms with Crippen LogP contribution < -0.4 is 5.32 Å². The zero-order valence-corrected chi connectivity index (χ0v) is 11.7. The van der Waals surface area contributed by atoms with Crippen LogP contribution in [0.1, 0.15) is 24.3 Å². The molecule has 1 aliphatic heterocycles. The number of thioether (sulfide) groups is 1. The standard InChI is InChI=1S/C15H19NO2S/c17-14(16-9-15(18)6-7-19-10-15)13-8-12(13)11-4-2-1-3-5-11/h1-5,12-13,18H,6-10H2,(H,16,17). The number of benzene rings is 1. The average molecular weight is 277 g/mol. The molecule has 0 aromatic heterocycles. The van der Waals surface area contributed by atoms with E-state index in [4.69, 9.17) is 0 Å². The van der Waals surface area contributed by atoms with Crippen LogP contribution in [0.25, 0.3) is 0 Å². The minimum Gasteiger partial charge on any atom is -0.387 e. The Morgan fingerprint density at radius 1 is 1.42 bits per heavy atom. The first kappa shape index (κ1) is 13.0. The van der Waals surface area contributed by atoms with Gasteiger partial charge in [-0.1, -0.05) is 30.3 Å². The quantitative estimate of drug-likeness (QED) is 0.882. The van der Waals surface area contributed by atoms with Crippen molar-refractivity contribution in [2.45, 2.75) is 24.4 Å². The summed E-state index contributed by atoms with van der Waals surface area (Å²) in [6.45, 7) is 0.400. The van der Waals surface area contributed by atoms with Gasteiger partial charge in [0.1, 0.15) is 0 Å².